The number of amides is 3. The van der Waals surface area contributed by atoms with Crippen LogP contribution < -0.4 is 15.4 Å². The van der Waals surface area contributed by atoms with Gasteiger partial charge in [0.25, 0.3) is 5.91 Å². The zero-order chi connectivity index (χ0) is 25.7. The number of hydrogen-bond donors (Lipinski definition) is 2. The van der Waals surface area contributed by atoms with Crippen molar-refractivity contribution in [2.24, 2.45) is 11.8 Å². The molecule has 0 saturated heterocycles. The van der Waals surface area contributed by atoms with Gasteiger partial charge in [-0.2, -0.15) is 0 Å². The van der Waals surface area contributed by atoms with E-state index in [0.717, 1.165) is 19.0 Å². The Morgan fingerprint density at radius 3 is 2.47 bits per heavy atom. The lowest BCUT2D eigenvalue weighted by Crippen LogP contribution is -2.47. The van der Waals surface area contributed by atoms with Crippen molar-refractivity contribution in [1.29, 1.82) is 0 Å². The van der Waals surface area contributed by atoms with Crippen LogP contribution in [-0.4, -0.2) is 74.3 Å². The smallest absolute Gasteiger partial charge is 0.323 e. The standard InChI is InChI=1S/C28H38N4O4/c1-19-15-32(16-21-10-11-21)20(2)18-36-25-13-12-23(30-28(34)29-22-8-6-5-7-9-22)14-24(25)27(33)31(3)17-26(19)35-4/h5-9,12-14,19-21,26H,10-11,15-18H2,1-4H3,(H2,29,30,34)/t19-,20-,26+/m1/s1. The summed E-state index contributed by atoms with van der Waals surface area (Å²) >= 11 is 0. The first-order valence-corrected chi connectivity index (χ1v) is 12.8. The SMILES string of the molecule is CO[C@H]1CN(C)C(=O)c2cc(NC(=O)Nc3ccccc3)ccc2OC[C@@H](C)N(CC2CC2)C[C@H]1C. The Bertz CT molecular complexity index is 1040. The predicted molar refractivity (Wildman–Crippen MR) is 142 cm³/mol. The lowest BCUT2D eigenvalue weighted by atomic mass is 10.0. The van der Waals surface area contributed by atoms with Crippen LogP contribution in [0.15, 0.2) is 48.5 Å². The Morgan fingerprint density at radius 1 is 1.06 bits per heavy atom. The summed E-state index contributed by atoms with van der Waals surface area (Å²) in [7, 11) is 3.49. The van der Waals surface area contributed by atoms with Crippen LogP contribution >= 0.6 is 0 Å². The number of carbonyl (C=O) groups excluding carboxylic acids is 2. The average molecular weight is 495 g/mol. The topological polar surface area (TPSA) is 83.1 Å². The number of para-hydroxylation sites is 1. The zero-order valence-corrected chi connectivity index (χ0v) is 21.7. The predicted octanol–water partition coefficient (Wildman–Crippen LogP) is 4.55. The van der Waals surface area contributed by atoms with Gasteiger partial charge in [-0.15, -0.1) is 0 Å². The molecule has 3 atom stereocenters. The quantitative estimate of drug-likeness (QED) is 0.637. The number of carbonyl (C=O) groups is 2. The molecule has 0 unspecified atom stereocenters. The maximum atomic E-state index is 13.5. The van der Waals surface area contributed by atoms with Crippen molar-refractivity contribution in [3.63, 3.8) is 0 Å². The Morgan fingerprint density at radius 2 is 1.78 bits per heavy atom. The number of ether oxygens (including phenoxy) is 2. The molecule has 2 aromatic rings. The van der Waals surface area contributed by atoms with Crippen molar-refractivity contribution in [3.8, 4) is 5.75 Å². The zero-order valence-electron chi connectivity index (χ0n) is 21.7. The molecule has 4 rings (SSSR count). The summed E-state index contributed by atoms with van der Waals surface area (Å²) in [6.07, 6.45) is 2.49. The van der Waals surface area contributed by atoms with E-state index in [4.69, 9.17) is 9.47 Å². The van der Waals surface area contributed by atoms with Crippen LogP contribution in [0.3, 0.4) is 0 Å². The van der Waals surface area contributed by atoms with Crippen molar-refractivity contribution < 1.29 is 19.1 Å². The molecular weight excluding hydrogens is 456 g/mol. The molecule has 194 valence electrons. The van der Waals surface area contributed by atoms with E-state index in [0.29, 0.717) is 35.8 Å². The van der Waals surface area contributed by atoms with Crippen LogP contribution in [0.4, 0.5) is 16.2 Å². The molecule has 0 spiro atoms. The third-order valence-electron chi connectivity index (χ3n) is 7.05. The molecule has 1 aliphatic heterocycles. The Labute approximate surface area is 213 Å². The van der Waals surface area contributed by atoms with Gasteiger partial charge in [0.15, 0.2) is 0 Å². The highest BCUT2D eigenvalue weighted by Gasteiger charge is 2.31. The van der Waals surface area contributed by atoms with Crippen LogP contribution in [0.5, 0.6) is 5.75 Å². The number of benzene rings is 2. The second-order valence-corrected chi connectivity index (χ2v) is 10.2. The first-order chi connectivity index (χ1) is 17.3. The van der Waals surface area contributed by atoms with Gasteiger partial charge < -0.3 is 25.0 Å². The number of rotatable bonds is 5. The van der Waals surface area contributed by atoms with Crippen LogP contribution in [0.1, 0.15) is 37.0 Å². The van der Waals surface area contributed by atoms with E-state index in [9.17, 15) is 9.59 Å². The largest absolute Gasteiger partial charge is 0.491 e. The Hall–Kier alpha value is -3.10. The average Bonchev–Trinajstić information content (AvgIpc) is 3.69. The van der Waals surface area contributed by atoms with E-state index >= 15 is 0 Å². The number of nitrogens with zero attached hydrogens (tertiary/aromatic N) is 2. The van der Waals surface area contributed by atoms with Gasteiger partial charge in [0.2, 0.25) is 0 Å². The first-order valence-electron chi connectivity index (χ1n) is 12.8. The number of likely N-dealkylation sites (N-methyl/N-ethyl adjacent to an activating group) is 1. The van der Waals surface area contributed by atoms with Gasteiger partial charge in [0.1, 0.15) is 12.4 Å². The summed E-state index contributed by atoms with van der Waals surface area (Å²) < 4.78 is 12.1. The molecule has 8 heteroatoms. The molecule has 0 bridgehead atoms. The summed E-state index contributed by atoms with van der Waals surface area (Å²) in [5.41, 5.74) is 1.61. The minimum atomic E-state index is -0.381. The fourth-order valence-electron chi connectivity index (χ4n) is 4.63. The van der Waals surface area contributed by atoms with Gasteiger partial charge >= 0.3 is 6.03 Å². The molecule has 3 amide bonds. The van der Waals surface area contributed by atoms with Crippen LogP contribution in [0.2, 0.25) is 0 Å². The fraction of sp³-hybridized carbons (Fsp3) is 0.500. The highest BCUT2D eigenvalue weighted by Crippen LogP contribution is 2.32. The Balaban J connectivity index is 1.56. The highest BCUT2D eigenvalue weighted by atomic mass is 16.5. The number of fused-ring (bicyclic) bond motifs is 1. The fourth-order valence-corrected chi connectivity index (χ4v) is 4.63. The monoisotopic (exact) mass is 494 g/mol. The Kier molecular flexibility index (Phi) is 8.48. The normalized spacial score (nSPS) is 23.6. The van der Waals surface area contributed by atoms with Crippen LogP contribution in [0, 0.1) is 11.8 Å². The number of nitrogens with one attached hydrogen (secondary N) is 2. The molecule has 0 radical (unpaired) electrons. The van der Waals surface area contributed by atoms with Crippen molar-refractivity contribution in [2.45, 2.75) is 38.8 Å². The maximum absolute atomic E-state index is 13.5. The van der Waals surface area contributed by atoms with E-state index in [1.54, 1.807) is 37.3 Å². The molecule has 36 heavy (non-hydrogen) atoms. The van der Waals surface area contributed by atoms with Crippen molar-refractivity contribution in [3.05, 3.63) is 54.1 Å². The van der Waals surface area contributed by atoms with Gasteiger partial charge in [0.05, 0.1) is 11.7 Å². The van der Waals surface area contributed by atoms with Gasteiger partial charge in [0, 0.05) is 51.2 Å². The highest BCUT2D eigenvalue weighted by molar-refractivity contribution is 6.02. The molecule has 0 aromatic heterocycles. The molecule has 2 aromatic carbocycles. The molecule has 1 fully saturated rings. The number of urea groups is 1. The minimum absolute atomic E-state index is 0.0883. The molecule has 1 aliphatic carbocycles. The lowest BCUT2D eigenvalue weighted by Gasteiger charge is -2.36. The van der Waals surface area contributed by atoms with Gasteiger partial charge in [-0.3, -0.25) is 9.69 Å². The molecule has 8 nitrogen and oxygen atoms in total. The number of anilines is 2. The van der Waals surface area contributed by atoms with E-state index in [1.165, 1.54) is 12.8 Å². The lowest BCUT2D eigenvalue weighted by molar-refractivity contribution is 0.00994. The van der Waals surface area contributed by atoms with E-state index < -0.39 is 0 Å². The van der Waals surface area contributed by atoms with Crippen molar-refractivity contribution in [2.75, 3.05) is 51.0 Å². The first kappa shape index (κ1) is 26.0. The van der Waals surface area contributed by atoms with Crippen LogP contribution in [-0.2, 0) is 4.74 Å². The molecular formula is C28H38N4O4. The summed E-state index contributed by atoms with van der Waals surface area (Å²) in [4.78, 5) is 30.2. The van der Waals surface area contributed by atoms with Gasteiger partial charge in [-0.1, -0.05) is 25.1 Å². The molecule has 2 aliphatic rings. The van der Waals surface area contributed by atoms with Crippen molar-refractivity contribution >= 4 is 23.3 Å². The van der Waals surface area contributed by atoms with E-state index in [2.05, 4.69) is 29.4 Å². The molecule has 1 saturated carbocycles. The molecule has 1 heterocycles. The summed E-state index contributed by atoms with van der Waals surface area (Å²) in [5, 5.41) is 5.62. The van der Waals surface area contributed by atoms with Gasteiger partial charge in [-0.25, -0.2) is 4.79 Å². The number of hydrogen-bond acceptors (Lipinski definition) is 5. The van der Waals surface area contributed by atoms with Crippen LogP contribution in [0.25, 0.3) is 0 Å². The third kappa shape index (κ3) is 6.77. The van der Waals surface area contributed by atoms with Gasteiger partial charge in [-0.05, 0) is 61.9 Å². The number of methoxy groups -OCH3 is 1. The van der Waals surface area contributed by atoms with E-state index in [1.807, 2.05) is 30.3 Å². The van der Waals surface area contributed by atoms with E-state index in [-0.39, 0.29) is 30.0 Å². The van der Waals surface area contributed by atoms with Crippen molar-refractivity contribution in [1.82, 2.24) is 9.80 Å². The maximum Gasteiger partial charge on any atom is 0.323 e. The molecule has 2 N–H and O–H groups in total. The third-order valence-corrected chi connectivity index (χ3v) is 7.05. The summed E-state index contributed by atoms with van der Waals surface area (Å²) in [6, 6.07) is 14.2. The second kappa shape index (κ2) is 11.8. The second-order valence-electron chi connectivity index (χ2n) is 10.2. The summed E-state index contributed by atoms with van der Waals surface area (Å²) in [5.74, 6) is 1.36. The minimum Gasteiger partial charge on any atom is -0.491 e. The summed E-state index contributed by atoms with van der Waals surface area (Å²) in [6.45, 7) is 7.27.